The number of amides is 2. The molecule has 0 heterocycles. The summed E-state index contributed by atoms with van der Waals surface area (Å²) in [7, 11) is 0. The van der Waals surface area contributed by atoms with Gasteiger partial charge < -0.3 is 16.0 Å². The average molecular weight is 430 g/mol. The highest BCUT2D eigenvalue weighted by atomic mass is 35.5. The third-order valence-corrected chi connectivity index (χ3v) is 4.31. The summed E-state index contributed by atoms with van der Waals surface area (Å²) in [5, 5.41) is 2.68. The maximum atomic E-state index is 12.7. The van der Waals surface area contributed by atoms with Crippen molar-refractivity contribution in [3.8, 4) is 0 Å². The first-order valence-corrected chi connectivity index (χ1v) is 8.66. The molecule has 0 aliphatic rings. The van der Waals surface area contributed by atoms with E-state index in [2.05, 4.69) is 5.32 Å². The molecule has 0 saturated heterocycles. The number of hydrogen-bond donors (Lipinski definition) is 2. The lowest BCUT2D eigenvalue weighted by atomic mass is 9.92. The van der Waals surface area contributed by atoms with Gasteiger partial charge in [-0.2, -0.15) is 13.2 Å². The fraction of sp³-hybridized carbons (Fsp3) is 0.300. The molecule has 2 rings (SSSR count). The van der Waals surface area contributed by atoms with Crippen molar-refractivity contribution in [1.29, 1.82) is 0 Å². The fourth-order valence-electron chi connectivity index (χ4n) is 2.65. The van der Waals surface area contributed by atoms with Crippen LogP contribution in [0.15, 0.2) is 54.6 Å². The molecular weight excluding hydrogens is 407 g/mol. The second-order valence-corrected chi connectivity index (χ2v) is 6.54. The van der Waals surface area contributed by atoms with Gasteiger partial charge in [0.05, 0.1) is 0 Å². The van der Waals surface area contributed by atoms with E-state index in [1.54, 1.807) is 49.4 Å². The van der Waals surface area contributed by atoms with Crippen molar-refractivity contribution < 1.29 is 22.8 Å². The van der Waals surface area contributed by atoms with Crippen LogP contribution in [0.1, 0.15) is 25.0 Å². The average Bonchev–Trinajstić information content (AvgIpc) is 2.65. The number of nitrogens with one attached hydrogen (secondary N) is 1. The Hall–Kier alpha value is -2.58. The normalized spacial score (nSPS) is 13.0. The van der Waals surface area contributed by atoms with Crippen LogP contribution in [-0.2, 0) is 21.7 Å². The number of benzene rings is 2. The van der Waals surface area contributed by atoms with Gasteiger partial charge in [-0.15, -0.1) is 12.4 Å². The van der Waals surface area contributed by atoms with Crippen molar-refractivity contribution in [3.63, 3.8) is 0 Å². The number of carbonyl (C=O) groups excluding carboxylic acids is 2. The maximum Gasteiger partial charge on any atom is 0.471 e. The molecule has 0 radical (unpaired) electrons. The minimum Gasteiger partial charge on any atom is -0.331 e. The minimum absolute atomic E-state index is 0. The van der Waals surface area contributed by atoms with E-state index >= 15 is 0 Å². The first-order chi connectivity index (χ1) is 13.1. The number of carbonyl (C=O) groups is 2. The van der Waals surface area contributed by atoms with Crippen molar-refractivity contribution in [2.45, 2.75) is 32.1 Å². The van der Waals surface area contributed by atoms with Crippen LogP contribution in [0.4, 0.5) is 18.9 Å². The standard InChI is InChI=1S/C20H22F3N3O2.ClH/c1-3-26(18(28)20(21,22)23)13-14-8-7-11-16(12-14)25-17(27)19(2,24)15-9-5-4-6-10-15;/h4-12H,3,13,24H2,1-2H3,(H,25,27);1H. The Kier molecular flexibility index (Phi) is 8.23. The van der Waals surface area contributed by atoms with E-state index in [0.29, 0.717) is 21.7 Å². The number of anilines is 1. The van der Waals surface area contributed by atoms with Crippen molar-refractivity contribution in [3.05, 3.63) is 65.7 Å². The molecule has 2 amide bonds. The second-order valence-electron chi connectivity index (χ2n) is 6.54. The van der Waals surface area contributed by atoms with E-state index in [0.717, 1.165) is 0 Å². The Balaban J connectivity index is 0.00000420. The highest BCUT2D eigenvalue weighted by molar-refractivity contribution is 5.98. The van der Waals surface area contributed by atoms with Crippen LogP contribution in [0.5, 0.6) is 0 Å². The SMILES string of the molecule is CCN(Cc1cccc(NC(=O)C(C)(N)c2ccccc2)c1)C(=O)C(F)(F)F.Cl. The third kappa shape index (κ3) is 6.20. The zero-order valence-electron chi connectivity index (χ0n) is 16.0. The molecule has 29 heavy (non-hydrogen) atoms. The lowest BCUT2D eigenvalue weighted by molar-refractivity contribution is -0.185. The van der Waals surface area contributed by atoms with Gasteiger partial charge in [0, 0.05) is 18.8 Å². The summed E-state index contributed by atoms with van der Waals surface area (Å²) >= 11 is 0. The molecule has 0 saturated carbocycles. The van der Waals surface area contributed by atoms with Crippen molar-refractivity contribution in [1.82, 2.24) is 4.90 Å². The molecule has 158 valence electrons. The number of nitrogens with two attached hydrogens (primary N) is 1. The second kappa shape index (κ2) is 9.76. The van der Waals surface area contributed by atoms with Gasteiger partial charge in [-0.1, -0.05) is 42.5 Å². The van der Waals surface area contributed by atoms with Gasteiger partial charge in [0.15, 0.2) is 0 Å². The van der Waals surface area contributed by atoms with E-state index in [1.165, 1.54) is 13.0 Å². The Bertz CT molecular complexity index is 842. The molecule has 0 aromatic heterocycles. The largest absolute Gasteiger partial charge is 0.471 e. The first kappa shape index (κ1) is 24.5. The quantitative estimate of drug-likeness (QED) is 0.732. The summed E-state index contributed by atoms with van der Waals surface area (Å²) in [4.78, 5) is 24.8. The Morgan fingerprint density at radius 3 is 2.24 bits per heavy atom. The van der Waals surface area contributed by atoms with Crippen LogP contribution in [0.3, 0.4) is 0 Å². The number of nitrogens with zero attached hydrogens (tertiary/aromatic N) is 1. The lowest BCUT2D eigenvalue weighted by Gasteiger charge is -2.25. The zero-order valence-corrected chi connectivity index (χ0v) is 16.8. The van der Waals surface area contributed by atoms with Gasteiger partial charge in [0.1, 0.15) is 5.54 Å². The molecule has 2 aromatic carbocycles. The number of alkyl halides is 3. The Morgan fingerprint density at radius 1 is 1.07 bits per heavy atom. The molecule has 0 bridgehead atoms. The van der Waals surface area contributed by atoms with Crippen LogP contribution in [0, 0.1) is 0 Å². The number of hydrogen-bond acceptors (Lipinski definition) is 3. The summed E-state index contributed by atoms with van der Waals surface area (Å²) in [5.74, 6) is -2.36. The summed E-state index contributed by atoms with van der Waals surface area (Å²) in [6.07, 6.45) is -4.93. The smallest absolute Gasteiger partial charge is 0.331 e. The van der Waals surface area contributed by atoms with E-state index in [-0.39, 0.29) is 25.5 Å². The van der Waals surface area contributed by atoms with Gasteiger partial charge in [-0.3, -0.25) is 9.59 Å². The van der Waals surface area contributed by atoms with Gasteiger partial charge in [-0.25, -0.2) is 0 Å². The summed E-state index contributed by atoms with van der Waals surface area (Å²) in [6.45, 7) is 2.72. The van der Waals surface area contributed by atoms with Crippen LogP contribution in [0.2, 0.25) is 0 Å². The molecule has 1 unspecified atom stereocenters. The third-order valence-electron chi connectivity index (χ3n) is 4.31. The number of halogens is 4. The predicted octanol–water partition coefficient (Wildman–Crippen LogP) is 3.83. The molecule has 3 N–H and O–H groups in total. The van der Waals surface area contributed by atoms with Crippen molar-refractivity contribution >= 4 is 29.9 Å². The monoisotopic (exact) mass is 429 g/mol. The van der Waals surface area contributed by atoms with Crippen LogP contribution < -0.4 is 11.1 Å². The molecule has 0 spiro atoms. The zero-order chi connectivity index (χ0) is 20.9. The molecule has 5 nitrogen and oxygen atoms in total. The molecular formula is C20H23ClF3N3O2. The summed E-state index contributed by atoms with van der Waals surface area (Å²) in [5.41, 5.74) is 6.33. The van der Waals surface area contributed by atoms with Crippen LogP contribution in [0.25, 0.3) is 0 Å². The van der Waals surface area contributed by atoms with Crippen LogP contribution >= 0.6 is 12.4 Å². The lowest BCUT2D eigenvalue weighted by Crippen LogP contribution is -2.45. The van der Waals surface area contributed by atoms with Gasteiger partial charge in [0.2, 0.25) is 5.91 Å². The Morgan fingerprint density at radius 2 is 1.69 bits per heavy atom. The molecule has 0 aliphatic carbocycles. The van der Waals surface area contributed by atoms with E-state index in [1.807, 2.05) is 6.07 Å². The molecule has 0 fully saturated rings. The molecule has 2 aromatic rings. The maximum absolute atomic E-state index is 12.7. The van der Waals surface area contributed by atoms with E-state index in [4.69, 9.17) is 5.73 Å². The first-order valence-electron chi connectivity index (χ1n) is 8.66. The highest BCUT2D eigenvalue weighted by Gasteiger charge is 2.41. The molecule has 9 heteroatoms. The minimum atomic E-state index is -4.93. The predicted molar refractivity (Wildman–Crippen MR) is 107 cm³/mol. The van der Waals surface area contributed by atoms with Crippen molar-refractivity contribution in [2.75, 3.05) is 11.9 Å². The Labute approximate surface area is 173 Å². The molecule has 1 atom stereocenters. The number of rotatable bonds is 6. The topological polar surface area (TPSA) is 75.4 Å². The van der Waals surface area contributed by atoms with Gasteiger partial charge >= 0.3 is 12.1 Å². The summed E-state index contributed by atoms with van der Waals surface area (Å²) < 4.78 is 38.0. The van der Waals surface area contributed by atoms with Gasteiger partial charge in [0.25, 0.3) is 0 Å². The fourth-order valence-corrected chi connectivity index (χ4v) is 2.65. The van der Waals surface area contributed by atoms with Crippen molar-refractivity contribution in [2.24, 2.45) is 5.73 Å². The highest BCUT2D eigenvalue weighted by Crippen LogP contribution is 2.23. The van der Waals surface area contributed by atoms with E-state index in [9.17, 15) is 22.8 Å². The van der Waals surface area contributed by atoms with Crippen LogP contribution in [-0.4, -0.2) is 29.4 Å². The van der Waals surface area contributed by atoms with Gasteiger partial charge in [-0.05, 0) is 37.1 Å². The van der Waals surface area contributed by atoms with E-state index < -0.39 is 23.5 Å². The summed E-state index contributed by atoms with van der Waals surface area (Å²) in [6, 6.07) is 15.1. The molecule has 0 aliphatic heterocycles.